The summed E-state index contributed by atoms with van der Waals surface area (Å²) in [5.74, 6) is 1.04. The smallest absolute Gasteiger partial charge is 0.221 e. The van der Waals surface area contributed by atoms with E-state index in [1.54, 1.807) is 6.26 Å². The van der Waals surface area contributed by atoms with Gasteiger partial charge in [-0.1, -0.05) is 60.7 Å². The van der Waals surface area contributed by atoms with Crippen molar-refractivity contribution < 1.29 is 9.21 Å². The first-order valence-corrected chi connectivity index (χ1v) is 10.5. The molecule has 4 rings (SSSR count). The van der Waals surface area contributed by atoms with Gasteiger partial charge in [0.25, 0.3) is 0 Å². The minimum Gasteiger partial charge on any atom is -0.468 e. The molecule has 0 unspecified atom stereocenters. The van der Waals surface area contributed by atoms with Crippen molar-refractivity contribution in [3.05, 3.63) is 95.9 Å². The fourth-order valence-electron chi connectivity index (χ4n) is 4.21. The van der Waals surface area contributed by atoms with Crippen molar-refractivity contribution in [1.29, 1.82) is 0 Å². The molecule has 29 heavy (non-hydrogen) atoms. The van der Waals surface area contributed by atoms with Gasteiger partial charge in [-0.05, 0) is 49.2 Å². The lowest BCUT2D eigenvalue weighted by molar-refractivity contribution is -0.121. The number of hydrogen-bond acceptors (Lipinski definition) is 3. The van der Waals surface area contributed by atoms with E-state index in [1.807, 2.05) is 48.5 Å². The largest absolute Gasteiger partial charge is 0.468 e. The van der Waals surface area contributed by atoms with Gasteiger partial charge in [0.05, 0.1) is 12.3 Å². The molecule has 0 saturated carbocycles. The molecule has 0 aliphatic carbocycles. The summed E-state index contributed by atoms with van der Waals surface area (Å²) in [5, 5.41) is 3.18. The van der Waals surface area contributed by atoms with Gasteiger partial charge in [-0.15, -0.1) is 0 Å². The molecule has 0 bridgehead atoms. The van der Waals surface area contributed by atoms with E-state index in [9.17, 15) is 4.79 Å². The van der Waals surface area contributed by atoms with Crippen LogP contribution in [-0.2, 0) is 4.79 Å². The first-order chi connectivity index (χ1) is 14.3. The summed E-state index contributed by atoms with van der Waals surface area (Å²) >= 11 is 0. The zero-order chi connectivity index (χ0) is 19.9. The Bertz CT molecular complexity index is 832. The van der Waals surface area contributed by atoms with E-state index in [2.05, 4.69) is 34.5 Å². The number of carbonyl (C=O) groups excluding carboxylic acids is 1. The first kappa shape index (κ1) is 19.5. The topological polar surface area (TPSA) is 45.5 Å². The van der Waals surface area contributed by atoms with E-state index in [1.165, 1.54) is 12.8 Å². The van der Waals surface area contributed by atoms with Crippen LogP contribution in [0.3, 0.4) is 0 Å². The molecule has 1 fully saturated rings. The number of amides is 1. The summed E-state index contributed by atoms with van der Waals surface area (Å²) in [6.45, 7) is 2.68. The lowest BCUT2D eigenvalue weighted by Crippen LogP contribution is -2.37. The molecule has 1 amide bonds. The second-order valence-corrected chi connectivity index (χ2v) is 7.66. The van der Waals surface area contributed by atoms with Gasteiger partial charge in [0.15, 0.2) is 0 Å². The quantitative estimate of drug-likeness (QED) is 0.605. The Morgan fingerprint density at radius 2 is 1.52 bits per heavy atom. The fourth-order valence-corrected chi connectivity index (χ4v) is 4.21. The van der Waals surface area contributed by atoms with Gasteiger partial charge in [-0.2, -0.15) is 0 Å². The van der Waals surface area contributed by atoms with Crippen LogP contribution < -0.4 is 5.32 Å². The average Bonchev–Trinajstić information content (AvgIpc) is 3.48. The molecule has 2 aromatic carbocycles. The minimum atomic E-state index is 0.0475. The summed E-state index contributed by atoms with van der Waals surface area (Å²) in [6, 6.07) is 24.6. The maximum Gasteiger partial charge on any atom is 0.221 e. The van der Waals surface area contributed by atoms with Gasteiger partial charge in [0.2, 0.25) is 5.91 Å². The lowest BCUT2D eigenvalue weighted by atomic mass is 9.88. The van der Waals surface area contributed by atoms with Crippen LogP contribution in [0.2, 0.25) is 0 Å². The molecule has 1 saturated heterocycles. The SMILES string of the molecule is O=C(CC(c1ccccc1)c1ccccc1)NC[C@@H](c1ccco1)N1CCCC1. The molecule has 4 nitrogen and oxygen atoms in total. The number of nitrogens with zero attached hydrogens (tertiary/aromatic N) is 1. The Balaban J connectivity index is 1.45. The molecule has 3 aromatic rings. The molecular formula is C25H28N2O2. The van der Waals surface area contributed by atoms with E-state index in [4.69, 9.17) is 4.42 Å². The Hall–Kier alpha value is -2.85. The lowest BCUT2D eigenvalue weighted by Gasteiger charge is -2.26. The predicted octanol–water partition coefficient (Wildman–Crippen LogP) is 4.75. The fraction of sp³-hybridized carbons (Fsp3) is 0.320. The molecule has 1 aliphatic heterocycles. The normalized spacial score (nSPS) is 15.5. The zero-order valence-electron chi connectivity index (χ0n) is 16.7. The number of hydrogen-bond donors (Lipinski definition) is 1. The molecule has 4 heteroatoms. The number of rotatable bonds is 8. The third kappa shape index (κ3) is 4.96. The van der Waals surface area contributed by atoms with E-state index in [0.29, 0.717) is 13.0 Å². The van der Waals surface area contributed by atoms with Crippen LogP contribution in [0.4, 0.5) is 0 Å². The van der Waals surface area contributed by atoms with Crippen molar-refractivity contribution in [2.75, 3.05) is 19.6 Å². The van der Waals surface area contributed by atoms with Crippen LogP contribution >= 0.6 is 0 Å². The Labute approximate surface area is 172 Å². The standard InChI is InChI=1S/C25H28N2O2/c28-25(26-19-23(24-14-9-17-29-24)27-15-7-8-16-27)18-22(20-10-3-1-4-11-20)21-12-5-2-6-13-21/h1-6,9-14,17,22-23H,7-8,15-16,18-19H2,(H,26,28)/t23-/m0/s1. The van der Waals surface area contributed by atoms with Crippen LogP contribution in [0.25, 0.3) is 0 Å². The van der Waals surface area contributed by atoms with Crippen LogP contribution in [0, 0.1) is 0 Å². The molecular weight excluding hydrogens is 360 g/mol. The Morgan fingerprint density at radius 3 is 2.07 bits per heavy atom. The second kappa shape index (κ2) is 9.57. The first-order valence-electron chi connectivity index (χ1n) is 10.5. The third-order valence-electron chi connectivity index (χ3n) is 5.74. The maximum absolute atomic E-state index is 12.9. The number of nitrogens with one attached hydrogen (secondary N) is 1. The van der Waals surface area contributed by atoms with E-state index in [0.717, 1.165) is 30.0 Å². The summed E-state index contributed by atoms with van der Waals surface area (Å²) in [6.07, 6.45) is 4.55. The number of furan rings is 1. The Morgan fingerprint density at radius 1 is 0.897 bits per heavy atom. The van der Waals surface area contributed by atoms with Crippen LogP contribution in [0.5, 0.6) is 0 Å². The molecule has 0 radical (unpaired) electrons. The van der Waals surface area contributed by atoms with Gasteiger partial charge < -0.3 is 9.73 Å². The summed E-state index contributed by atoms with van der Waals surface area (Å²) in [5.41, 5.74) is 2.33. The molecule has 1 aliphatic rings. The molecule has 1 atom stereocenters. The van der Waals surface area contributed by atoms with Gasteiger partial charge in [-0.25, -0.2) is 0 Å². The van der Waals surface area contributed by atoms with Crippen LogP contribution in [-0.4, -0.2) is 30.4 Å². The summed E-state index contributed by atoms with van der Waals surface area (Å²) in [7, 11) is 0. The number of carbonyl (C=O) groups is 1. The predicted molar refractivity (Wildman–Crippen MR) is 115 cm³/mol. The Kier molecular flexibility index (Phi) is 6.42. The van der Waals surface area contributed by atoms with Gasteiger partial charge in [-0.3, -0.25) is 9.69 Å². The summed E-state index contributed by atoms with van der Waals surface area (Å²) < 4.78 is 5.67. The van der Waals surface area contributed by atoms with Crippen molar-refractivity contribution in [3.8, 4) is 0 Å². The number of likely N-dealkylation sites (tertiary alicyclic amines) is 1. The molecule has 1 aromatic heterocycles. The van der Waals surface area contributed by atoms with Crippen LogP contribution in [0.15, 0.2) is 83.5 Å². The average molecular weight is 389 g/mol. The van der Waals surface area contributed by atoms with Gasteiger partial charge in [0, 0.05) is 18.9 Å². The van der Waals surface area contributed by atoms with Crippen molar-refractivity contribution in [3.63, 3.8) is 0 Å². The third-order valence-corrected chi connectivity index (χ3v) is 5.74. The van der Waals surface area contributed by atoms with E-state index < -0.39 is 0 Å². The molecule has 0 spiro atoms. The zero-order valence-corrected chi connectivity index (χ0v) is 16.7. The van der Waals surface area contributed by atoms with E-state index >= 15 is 0 Å². The summed E-state index contributed by atoms with van der Waals surface area (Å²) in [4.78, 5) is 15.3. The van der Waals surface area contributed by atoms with Crippen molar-refractivity contribution in [2.45, 2.75) is 31.2 Å². The number of benzene rings is 2. The minimum absolute atomic E-state index is 0.0475. The highest BCUT2D eigenvalue weighted by Gasteiger charge is 2.26. The van der Waals surface area contributed by atoms with E-state index in [-0.39, 0.29) is 17.9 Å². The molecule has 2 heterocycles. The van der Waals surface area contributed by atoms with Crippen LogP contribution in [0.1, 0.15) is 48.1 Å². The highest BCUT2D eigenvalue weighted by molar-refractivity contribution is 5.77. The second-order valence-electron chi connectivity index (χ2n) is 7.66. The highest BCUT2D eigenvalue weighted by Crippen LogP contribution is 2.28. The van der Waals surface area contributed by atoms with Crippen molar-refractivity contribution >= 4 is 5.91 Å². The maximum atomic E-state index is 12.9. The van der Waals surface area contributed by atoms with Gasteiger partial charge in [0.1, 0.15) is 5.76 Å². The molecule has 1 N–H and O–H groups in total. The highest BCUT2D eigenvalue weighted by atomic mass is 16.3. The van der Waals surface area contributed by atoms with Crippen molar-refractivity contribution in [1.82, 2.24) is 10.2 Å². The van der Waals surface area contributed by atoms with Crippen molar-refractivity contribution in [2.24, 2.45) is 0 Å². The monoisotopic (exact) mass is 388 g/mol. The van der Waals surface area contributed by atoms with Gasteiger partial charge >= 0.3 is 0 Å². The molecule has 150 valence electrons.